The van der Waals surface area contributed by atoms with Gasteiger partial charge in [-0.3, -0.25) is 0 Å². The van der Waals surface area contributed by atoms with Gasteiger partial charge in [-0.15, -0.1) is 56.9 Å². The number of aryl methyl sites for hydroxylation is 4. The van der Waals surface area contributed by atoms with Crippen LogP contribution in [0.2, 0.25) is 12.1 Å². The minimum absolute atomic E-state index is 0.788. The molecule has 0 bridgehead atoms. The van der Waals surface area contributed by atoms with Gasteiger partial charge >= 0.3 is 37.9 Å². The average Bonchev–Trinajstić information content (AvgIpc) is 3.81. The molecule has 6 aromatic carbocycles. The van der Waals surface area contributed by atoms with Crippen molar-refractivity contribution >= 4 is 48.1 Å². The second-order valence-corrected chi connectivity index (χ2v) is 21.5. The van der Waals surface area contributed by atoms with Crippen LogP contribution in [0.25, 0.3) is 43.8 Å². The fraction of sp³-hybridized carbons (Fsp3) is 0.412. The number of rotatable bonds is 7. The van der Waals surface area contributed by atoms with Crippen molar-refractivity contribution < 1.29 is 20.8 Å². The molecular weight excluding hydrogens is 803 g/mol. The zero-order valence-corrected chi connectivity index (χ0v) is 39.3. The number of halogens is 2. The third-order valence-electron chi connectivity index (χ3n) is 11.6. The van der Waals surface area contributed by atoms with Crippen LogP contribution in [0, 0.1) is 20.8 Å². The summed E-state index contributed by atoms with van der Waals surface area (Å²) in [5.41, 5.74) is 14.0. The summed E-state index contributed by atoms with van der Waals surface area (Å²) in [5, 5.41) is 5.55. The first-order valence-corrected chi connectivity index (χ1v) is 28.8. The molecule has 2 saturated carbocycles. The molecule has 0 nitrogen and oxygen atoms in total. The van der Waals surface area contributed by atoms with Gasteiger partial charge in [-0.2, -0.15) is 12.1 Å². The molecule has 288 valence electrons. The third-order valence-corrected chi connectivity index (χ3v) is 12.6. The van der Waals surface area contributed by atoms with E-state index >= 15 is 0 Å². The van der Waals surface area contributed by atoms with Crippen LogP contribution in [-0.2, 0) is 27.3 Å². The van der Waals surface area contributed by atoms with Gasteiger partial charge in [0.15, 0.2) is 0 Å². The molecule has 0 aliphatic heterocycles. The summed E-state index contributed by atoms with van der Waals surface area (Å²) in [6.45, 7) is 13.3. The van der Waals surface area contributed by atoms with Crippen molar-refractivity contribution in [2.45, 2.75) is 136 Å². The molecule has 0 atom stereocenters. The summed E-state index contributed by atoms with van der Waals surface area (Å²) in [6, 6.07) is 40.2. The van der Waals surface area contributed by atoms with Crippen LogP contribution in [0.5, 0.6) is 0 Å². The fourth-order valence-electron chi connectivity index (χ4n) is 8.83. The summed E-state index contributed by atoms with van der Waals surface area (Å²) < 4.78 is 0. The van der Waals surface area contributed by atoms with Crippen LogP contribution < -0.4 is 0 Å². The van der Waals surface area contributed by atoms with Crippen LogP contribution in [0.3, 0.4) is 0 Å². The van der Waals surface area contributed by atoms with Gasteiger partial charge in [0, 0.05) is 9.52 Å². The van der Waals surface area contributed by atoms with Gasteiger partial charge < -0.3 is 0 Å². The number of benzene rings is 4. The Bertz CT molecular complexity index is 2020. The molecule has 4 heteroatoms. The van der Waals surface area contributed by atoms with E-state index in [-0.39, 0.29) is 0 Å². The molecule has 0 unspecified atom stereocenters. The van der Waals surface area contributed by atoms with Crippen molar-refractivity contribution in [2.75, 3.05) is 0 Å². The normalized spacial score (nSPS) is 14.6. The molecule has 0 saturated heterocycles. The minimum atomic E-state index is -0.826. The van der Waals surface area contributed by atoms with E-state index < -0.39 is 20.8 Å². The molecule has 55 heavy (non-hydrogen) atoms. The topological polar surface area (TPSA) is 0 Å². The molecule has 0 spiro atoms. The van der Waals surface area contributed by atoms with Crippen molar-refractivity contribution in [3.05, 3.63) is 130 Å². The predicted molar refractivity (Wildman–Crippen MR) is 244 cm³/mol. The van der Waals surface area contributed by atoms with Crippen molar-refractivity contribution in [2.24, 2.45) is 0 Å². The van der Waals surface area contributed by atoms with Crippen LogP contribution in [0.15, 0.2) is 97.1 Å². The average molecular weight is 865 g/mol. The predicted octanol–water partition coefficient (Wildman–Crippen LogP) is 17.0. The van der Waals surface area contributed by atoms with Crippen LogP contribution in [0.4, 0.5) is 0 Å². The van der Waals surface area contributed by atoms with E-state index in [9.17, 15) is 0 Å². The van der Waals surface area contributed by atoms with E-state index in [1.165, 1.54) is 157 Å². The number of hydrogen-bond donors (Lipinski definition) is 0. The Morgan fingerprint density at radius 2 is 0.982 bits per heavy atom. The first-order valence-electron chi connectivity index (χ1n) is 21.0. The second kappa shape index (κ2) is 22.6. The molecule has 2 aliphatic rings. The first-order chi connectivity index (χ1) is 26.8. The SMILES string of the molecule is CC[Si]CC.CCc1cc2c(-c3ccc(C4CCCCC4)cc3)cc(C)cc2[cH-]1.Cc1cc(-c2ccc(C3CCCCC3)cc2)c2cc(C)[cH-]c2c1.[Cl][Zr+2][Cl]. The molecule has 2 fully saturated rings. The van der Waals surface area contributed by atoms with Gasteiger partial charge in [-0.25, -0.2) is 0 Å². The molecule has 2 aliphatic carbocycles. The van der Waals surface area contributed by atoms with E-state index in [1.807, 2.05) is 0 Å². The Balaban J connectivity index is 0.000000177. The molecule has 2 radical (unpaired) electrons. The summed E-state index contributed by atoms with van der Waals surface area (Å²) >= 11 is -0.826. The van der Waals surface area contributed by atoms with Crippen LogP contribution in [0.1, 0.15) is 130 Å². The van der Waals surface area contributed by atoms with Gasteiger partial charge in [-0.1, -0.05) is 161 Å². The molecular formula is C51H62Cl2SiZr. The maximum atomic E-state index is 4.93. The molecule has 0 N–H and O–H groups in total. The molecule has 0 heterocycles. The van der Waals surface area contributed by atoms with E-state index in [2.05, 4.69) is 139 Å². The first kappa shape index (κ1) is 43.9. The number of fused-ring (bicyclic) bond motifs is 2. The van der Waals surface area contributed by atoms with Crippen molar-refractivity contribution in [3.63, 3.8) is 0 Å². The third kappa shape index (κ3) is 12.4. The fourth-order valence-corrected chi connectivity index (χ4v) is 9.33. The molecule has 0 aromatic heterocycles. The standard InChI is InChI=1S/C24H27.C23H25.C4H10Si.2ClH.Zr/c1-3-18-15-22-13-17(2)14-23(24(22)16-18)21-11-9-20(10-12-21)19-7-5-4-6-8-19;1-16-12-21-13-17(2)15-23(21)22(14-16)20-10-8-19(9-11-20)18-6-4-3-5-7-18;1-3-5-4-2;;;/h9-16,19H,3-8H2,1-2H3;8-15,18H,3-7H2,1-2H3;3-4H2,1-2H3;2*1H;/q2*-1;;;;+4/p-2. The Morgan fingerprint density at radius 1 is 0.564 bits per heavy atom. The number of hydrogen-bond acceptors (Lipinski definition) is 0. The summed E-state index contributed by atoms with van der Waals surface area (Å²) in [6.07, 6.45) is 15.0. The van der Waals surface area contributed by atoms with Gasteiger partial charge in [0.2, 0.25) is 0 Å². The van der Waals surface area contributed by atoms with Gasteiger partial charge in [0.25, 0.3) is 0 Å². The molecule has 6 aromatic rings. The zero-order chi connectivity index (χ0) is 39.2. The van der Waals surface area contributed by atoms with Gasteiger partial charge in [0.05, 0.1) is 0 Å². The Kier molecular flexibility index (Phi) is 18.1. The summed E-state index contributed by atoms with van der Waals surface area (Å²) in [7, 11) is 11.1. The Labute approximate surface area is 355 Å². The van der Waals surface area contributed by atoms with E-state index in [4.69, 9.17) is 17.0 Å². The van der Waals surface area contributed by atoms with Gasteiger partial charge in [-0.05, 0) is 80.0 Å². The monoisotopic (exact) mass is 862 g/mol. The van der Waals surface area contributed by atoms with Gasteiger partial charge in [0.1, 0.15) is 0 Å². The van der Waals surface area contributed by atoms with E-state index in [0.717, 1.165) is 18.3 Å². The van der Waals surface area contributed by atoms with E-state index in [1.54, 1.807) is 5.56 Å². The van der Waals surface area contributed by atoms with E-state index in [0.29, 0.717) is 0 Å². The Morgan fingerprint density at radius 3 is 1.38 bits per heavy atom. The molecule has 0 amide bonds. The van der Waals surface area contributed by atoms with Crippen molar-refractivity contribution in [1.82, 2.24) is 0 Å². The quantitative estimate of drug-likeness (QED) is 0.111. The van der Waals surface area contributed by atoms with Crippen molar-refractivity contribution in [3.8, 4) is 22.3 Å². The summed E-state index contributed by atoms with van der Waals surface area (Å²) in [5.74, 6) is 1.58. The summed E-state index contributed by atoms with van der Waals surface area (Å²) in [4.78, 5) is 0. The Hall–Kier alpha value is -2.22. The second-order valence-electron chi connectivity index (χ2n) is 15.8. The van der Waals surface area contributed by atoms with Crippen LogP contribution >= 0.6 is 17.0 Å². The maximum absolute atomic E-state index is 4.93. The zero-order valence-electron chi connectivity index (χ0n) is 34.3. The molecule has 8 rings (SSSR count). The van der Waals surface area contributed by atoms with Crippen LogP contribution in [-0.4, -0.2) is 9.52 Å². The van der Waals surface area contributed by atoms with Crippen molar-refractivity contribution in [1.29, 1.82) is 0 Å².